The molecule has 1 unspecified atom stereocenters. The summed E-state index contributed by atoms with van der Waals surface area (Å²) in [7, 11) is 0. The fourth-order valence-corrected chi connectivity index (χ4v) is 1.99. The molecule has 15 heavy (non-hydrogen) atoms. The Bertz CT molecular complexity index is 190. The van der Waals surface area contributed by atoms with Gasteiger partial charge in [0.05, 0.1) is 13.2 Å². The summed E-state index contributed by atoms with van der Waals surface area (Å²) in [6, 6.07) is -0.187. The zero-order valence-electron chi connectivity index (χ0n) is 9.37. The number of aliphatic hydroxyl groups is 1. The molecule has 0 heterocycles. The number of hydrogen-bond donors (Lipinski definition) is 2. The molecule has 0 aromatic rings. The number of esters is 1. The van der Waals surface area contributed by atoms with E-state index in [1.807, 2.05) is 0 Å². The van der Waals surface area contributed by atoms with Crippen LogP contribution in [0, 0.1) is 0 Å². The molecule has 4 nitrogen and oxygen atoms in total. The van der Waals surface area contributed by atoms with Crippen molar-refractivity contribution < 1.29 is 14.6 Å². The Morgan fingerprint density at radius 1 is 1.47 bits per heavy atom. The molecule has 0 aliphatic heterocycles. The van der Waals surface area contributed by atoms with Crippen LogP contribution < -0.4 is 5.32 Å². The largest absolute Gasteiger partial charge is 0.465 e. The van der Waals surface area contributed by atoms with E-state index in [9.17, 15) is 4.79 Å². The highest BCUT2D eigenvalue weighted by Gasteiger charge is 2.23. The van der Waals surface area contributed by atoms with Crippen molar-refractivity contribution in [3.05, 3.63) is 0 Å². The summed E-state index contributed by atoms with van der Waals surface area (Å²) in [5.74, 6) is -0.342. The first-order chi connectivity index (χ1) is 7.27. The Kier molecular flexibility index (Phi) is 5.65. The van der Waals surface area contributed by atoms with Gasteiger partial charge in [-0.3, -0.25) is 10.1 Å². The van der Waals surface area contributed by atoms with Crippen LogP contribution in [0.5, 0.6) is 0 Å². The highest BCUT2D eigenvalue weighted by molar-refractivity contribution is 5.75. The van der Waals surface area contributed by atoms with Gasteiger partial charge in [0.2, 0.25) is 0 Å². The molecule has 0 radical (unpaired) electrons. The number of ether oxygens (including phenoxy) is 1. The van der Waals surface area contributed by atoms with E-state index in [0.717, 1.165) is 12.8 Å². The van der Waals surface area contributed by atoms with E-state index in [0.29, 0.717) is 12.6 Å². The van der Waals surface area contributed by atoms with Crippen LogP contribution in [0.2, 0.25) is 0 Å². The van der Waals surface area contributed by atoms with Crippen molar-refractivity contribution >= 4 is 5.97 Å². The minimum atomic E-state index is -0.548. The molecule has 4 heteroatoms. The normalized spacial score (nSPS) is 19.9. The highest BCUT2D eigenvalue weighted by atomic mass is 16.5. The molecule has 0 amide bonds. The SMILES string of the molecule is CCOC(=O)C(CO)NC1CCCCC1. The smallest absolute Gasteiger partial charge is 0.325 e. The van der Waals surface area contributed by atoms with E-state index in [1.54, 1.807) is 6.92 Å². The lowest BCUT2D eigenvalue weighted by Gasteiger charge is -2.26. The van der Waals surface area contributed by atoms with Crippen LogP contribution >= 0.6 is 0 Å². The van der Waals surface area contributed by atoms with Crippen molar-refractivity contribution in [3.8, 4) is 0 Å². The minimum absolute atomic E-state index is 0.185. The Morgan fingerprint density at radius 2 is 2.13 bits per heavy atom. The van der Waals surface area contributed by atoms with Gasteiger partial charge in [-0.25, -0.2) is 0 Å². The van der Waals surface area contributed by atoms with E-state index >= 15 is 0 Å². The highest BCUT2D eigenvalue weighted by Crippen LogP contribution is 2.17. The summed E-state index contributed by atoms with van der Waals surface area (Å²) >= 11 is 0. The molecule has 0 aromatic heterocycles. The molecule has 0 aromatic carbocycles. The van der Waals surface area contributed by atoms with Gasteiger partial charge < -0.3 is 9.84 Å². The van der Waals surface area contributed by atoms with Crippen LogP contribution in [0.4, 0.5) is 0 Å². The number of carbonyl (C=O) groups excluding carboxylic acids is 1. The minimum Gasteiger partial charge on any atom is -0.465 e. The molecule has 0 spiro atoms. The fraction of sp³-hybridized carbons (Fsp3) is 0.909. The Hall–Kier alpha value is -0.610. The van der Waals surface area contributed by atoms with Gasteiger partial charge >= 0.3 is 5.97 Å². The third kappa shape index (κ3) is 4.18. The van der Waals surface area contributed by atoms with Gasteiger partial charge in [0.1, 0.15) is 6.04 Å². The maximum absolute atomic E-state index is 11.4. The molecule has 0 bridgehead atoms. The predicted octanol–water partition coefficient (Wildman–Crippen LogP) is 0.833. The maximum Gasteiger partial charge on any atom is 0.325 e. The third-order valence-corrected chi connectivity index (χ3v) is 2.80. The van der Waals surface area contributed by atoms with Crippen LogP contribution in [-0.4, -0.2) is 36.4 Å². The van der Waals surface area contributed by atoms with Crippen molar-refractivity contribution in [2.24, 2.45) is 0 Å². The average molecular weight is 215 g/mol. The molecular formula is C11H21NO3. The standard InChI is InChI=1S/C11H21NO3/c1-2-15-11(14)10(8-13)12-9-6-4-3-5-7-9/h9-10,12-13H,2-8H2,1H3. The lowest BCUT2D eigenvalue weighted by atomic mass is 9.95. The lowest BCUT2D eigenvalue weighted by molar-refractivity contribution is -0.147. The molecule has 1 aliphatic rings. The quantitative estimate of drug-likeness (QED) is 0.667. The summed E-state index contributed by atoms with van der Waals surface area (Å²) in [5, 5.41) is 12.3. The van der Waals surface area contributed by atoms with Gasteiger partial charge in [0.15, 0.2) is 0 Å². The van der Waals surface area contributed by atoms with E-state index in [1.165, 1.54) is 19.3 Å². The Labute approximate surface area is 91.0 Å². The number of rotatable bonds is 5. The van der Waals surface area contributed by atoms with Crippen molar-refractivity contribution in [1.29, 1.82) is 0 Å². The molecule has 2 N–H and O–H groups in total. The van der Waals surface area contributed by atoms with E-state index in [2.05, 4.69) is 5.32 Å². The number of hydrogen-bond acceptors (Lipinski definition) is 4. The van der Waals surface area contributed by atoms with E-state index < -0.39 is 6.04 Å². The van der Waals surface area contributed by atoms with Crippen LogP contribution in [0.15, 0.2) is 0 Å². The number of aliphatic hydroxyl groups excluding tert-OH is 1. The second-order valence-corrected chi connectivity index (χ2v) is 3.99. The summed E-state index contributed by atoms with van der Waals surface area (Å²) in [5.41, 5.74) is 0. The fourth-order valence-electron chi connectivity index (χ4n) is 1.99. The van der Waals surface area contributed by atoms with Gasteiger partial charge in [-0.2, -0.15) is 0 Å². The molecule has 88 valence electrons. The summed E-state index contributed by atoms with van der Waals surface area (Å²) in [4.78, 5) is 11.4. The topological polar surface area (TPSA) is 58.6 Å². The van der Waals surface area contributed by atoms with Crippen molar-refractivity contribution in [3.63, 3.8) is 0 Å². The molecule has 1 saturated carbocycles. The lowest BCUT2D eigenvalue weighted by Crippen LogP contribution is -2.47. The third-order valence-electron chi connectivity index (χ3n) is 2.80. The van der Waals surface area contributed by atoms with Crippen molar-refractivity contribution in [1.82, 2.24) is 5.32 Å². The zero-order chi connectivity index (χ0) is 11.1. The molecule has 1 atom stereocenters. The summed E-state index contributed by atoms with van der Waals surface area (Å²) in [6.45, 7) is 1.95. The second kappa shape index (κ2) is 6.80. The van der Waals surface area contributed by atoms with Crippen molar-refractivity contribution in [2.75, 3.05) is 13.2 Å². The Balaban J connectivity index is 2.34. The van der Waals surface area contributed by atoms with Gasteiger partial charge in [0, 0.05) is 6.04 Å². The molecule has 1 rings (SSSR count). The average Bonchev–Trinajstić information content (AvgIpc) is 2.27. The van der Waals surface area contributed by atoms with Crippen LogP contribution in [0.25, 0.3) is 0 Å². The first-order valence-electron chi connectivity index (χ1n) is 5.81. The Morgan fingerprint density at radius 3 is 2.67 bits per heavy atom. The molecule has 1 aliphatic carbocycles. The predicted molar refractivity (Wildman–Crippen MR) is 57.5 cm³/mol. The van der Waals surface area contributed by atoms with Crippen molar-refractivity contribution in [2.45, 2.75) is 51.1 Å². The van der Waals surface area contributed by atoms with Gasteiger partial charge in [-0.15, -0.1) is 0 Å². The first kappa shape index (κ1) is 12.5. The number of nitrogens with one attached hydrogen (secondary N) is 1. The number of carbonyl (C=O) groups is 1. The monoisotopic (exact) mass is 215 g/mol. The molecular weight excluding hydrogens is 194 g/mol. The zero-order valence-corrected chi connectivity index (χ0v) is 9.37. The van der Waals surface area contributed by atoms with Crippen LogP contribution in [-0.2, 0) is 9.53 Å². The van der Waals surface area contributed by atoms with Crippen LogP contribution in [0.3, 0.4) is 0 Å². The molecule has 1 fully saturated rings. The molecule has 0 saturated heterocycles. The van der Waals surface area contributed by atoms with Gasteiger partial charge in [-0.05, 0) is 19.8 Å². The summed E-state index contributed by atoms with van der Waals surface area (Å²) in [6.07, 6.45) is 5.88. The maximum atomic E-state index is 11.4. The second-order valence-electron chi connectivity index (χ2n) is 3.99. The summed E-state index contributed by atoms with van der Waals surface area (Å²) < 4.78 is 4.88. The van der Waals surface area contributed by atoms with Gasteiger partial charge in [0.25, 0.3) is 0 Å². The van der Waals surface area contributed by atoms with E-state index in [4.69, 9.17) is 9.84 Å². The first-order valence-corrected chi connectivity index (χ1v) is 5.81. The van der Waals surface area contributed by atoms with E-state index in [-0.39, 0.29) is 12.6 Å². The van der Waals surface area contributed by atoms with Gasteiger partial charge in [-0.1, -0.05) is 19.3 Å². The van der Waals surface area contributed by atoms with Crippen LogP contribution in [0.1, 0.15) is 39.0 Å².